The van der Waals surface area contributed by atoms with Gasteiger partial charge in [-0.05, 0) is 61.2 Å². The van der Waals surface area contributed by atoms with Crippen LogP contribution in [0.3, 0.4) is 0 Å². The molecule has 0 fully saturated rings. The summed E-state index contributed by atoms with van der Waals surface area (Å²) in [5, 5.41) is 9.68. The van der Waals surface area contributed by atoms with Gasteiger partial charge in [-0.2, -0.15) is 5.26 Å². The van der Waals surface area contributed by atoms with Gasteiger partial charge in [-0.25, -0.2) is 4.98 Å². The highest BCUT2D eigenvalue weighted by molar-refractivity contribution is 5.76. The first-order valence-corrected chi connectivity index (χ1v) is 11.1. The van der Waals surface area contributed by atoms with Gasteiger partial charge in [0, 0.05) is 29.1 Å². The molecule has 0 aliphatic carbocycles. The summed E-state index contributed by atoms with van der Waals surface area (Å²) in [5.41, 5.74) is 7.26. The second-order valence-electron chi connectivity index (χ2n) is 8.24. The summed E-state index contributed by atoms with van der Waals surface area (Å²) in [5.74, 6) is 0.696. The number of hydrogen-bond donors (Lipinski definition) is 0. The SMILES string of the molecule is CCCc1ccnc(-c2ccc(C#N)c(-c3ccc(Cn4c(C)nc(C)cc4=O)cc3)c2)c1. The third-order valence-corrected chi connectivity index (χ3v) is 5.73. The van der Waals surface area contributed by atoms with Crippen molar-refractivity contribution >= 4 is 0 Å². The van der Waals surface area contributed by atoms with E-state index in [-0.39, 0.29) is 5.56 Å². The molecule has 0 amide bonds. The monoisotopic (exact) mass is 434 g/mol. The number of rotatable bonds is 6. The number of aryl methyl sites for hydroxylation is 3. The molecule has 164 valence electrons. The smallest absolute Gasteiger partial charge is 0.254 e. The number of pyridine rings is 1. The first-order valence-electron chi connectivity index (χ1n) is 11.1. The van der Waals surface area contributed by atoms with E-state index in [0.29, 0.717) is 17.9 Å². The largest absolute Gasteiger partial charge is 0.292 e. The highest BCUT2D eigenvalue weighted by Crippen LogP contribution is 2.29. The molecule has 0 spiro atoms. The molecule has 0 aliphatic heterocycles. The van der Waals surface area contributed by atoms with Crippen LogP contribution in [0, 0.1) is 25.2 Å². The summed E-state index contributed by atoms with van der Waals surface area (Å²) in [6.45, 7) is 6.29. The van der Waals surface area contributed by atoms with Crippen molar-refractivity contribution in [1.82, 2.24) is 14.5 Å². The maximum Gasteiger partial charge on any atom is 0.254 e. The Balaban J connectivity index is 1.66. The maximum absolute atomic E-state index is 12.4. The van der Waals surface area contributed by atoms with Gasteiger partial charge in [0.1, 0.15) is 5.82 Å². The quantitative estimate of drug-likeness (QED) is 0.404. The predicted molar refractivity (Wildman–Crippen MR) is 131 cm³/mol. The van der Waals surface area contributed by atoms with E-state index in [1.165, 1.54) is 5.56 Å². The lowest BCUT2D eigenvalue weighted by Crippen LogP contribution is -2.24. The second-order valence-corrected chi connectivity index (χ2v) is 8.24. The molecule has 0 unspecified atom stereocenters. The first kappa shape index (κ1) is 22.2. The van der Waals surface area contributed by atoms with Crippen LogP contribution in [-0.2, 0) is 13.0 Å². The zero-order valence-electron chi connectivity index (χ0n) is 19.2. The molecule has 0 atom stereocenters. The lowest BCUT2D eigenvalue weighted by Gasteiger charge is -2.12. The topological polar surface area (TPSA) is 71.6 Å². The minimum Gasteiger partial charge on any atom is -0.292 e. The average molecular weight is 435 g/mol. The minimum absolute atomic E-state index is 0.0543. The Morgan fingerprint density at radius 2 is 1.70 bits per heavy atom. The van der Waals surface area contributed by atoms with Crippen LogP contribution in [0.1, 0.15) is 41.6 Å². The normalized spacial score (nSPS) is 10.7. The molecule has 5 nitrogen and oxygen atoms in total. The van der Waals surface area contributed by atoms with Crippen LogP contribution >= 0.6 is 0 Å². The fraction of sp³-hybridized carbons (Fsp3) is 0.214. The molecule has 4 aromatic rings. The van der Waals surface area contributed by atoms with Gasteiger partial charge in [-0.15, -0.1) is 0 Å². The maximum atomic E-state index is 12.4. The van der Waals surface area contributed by atoms with Crippen molar-refractivity contribution in [3.8, 4) is 28.5 Å². The summed E-state index contributed by atoms with van der Waals surface area (Å²) < 4.78 is 1.66. The average Bonchev–Trinajstić information content (AvgIpc) is 2.82. The Kier molecular flexibility index (Phi) is 6.46. The highest BCUT2D eigenvalue weighted by Gasteiger charge is 2.10. The molecule has 2 aromatic heterocycles. The fourth-order valence-corrected chi connectivity index (χ4v) is 4.04. The Hall–Kier alpha value is -4.04. The van der Waals surface area contributed by atoms with Crippen molar-refractivity contribution in [3.05, 3.63) is 105 Å². The highest BCUT2D eigenvalue weighted by atomic mass is 16.1. The van der Waals surface area contributed by atoms with Gasteiger partial charge in [0.25, 0.3) is 5.56 Å². The van der Waals surface area contributed by atoms with Gasteiger partial charge in [0.05, 0.1) is 23.9 Å². The molecule has 33 heavy (non-hydrogen) atoms. The van der Waals surface area contributed by atoms with Crippen LogP contribution < -0.4 is 5.56 Å². The van der Waals surface area contributed by atoms with E-state index in [9.17, 15) is 10.1 Å². The summed E-state index contributed by atoms with van der Waals surface area (Å²) in [7, 11) is 0. The standard InChI is InChI=1S/C28H26N4O/c1-4-5-21-12-13-30-27(15-21)24-10-11-25(17-29)26(16-24)23-8-6-22(7-9-23)18-32-20(3)31-19(2)14-28(32)33/h6-16H,4-5,18H2,1-3H3. The number of nitriles is 1. The van der Waals surface area contributed by atoms with Crippen molar-refractivity contribution in [2.75, 3.05) is 0 Å². The molecule has 0 radical (unpaired) electrons. The fourth-order valence-electron chi connectivity index (χ4n) is 4.04. The van der Waals surface area contributed by atoms with E-state index >= 15 is 0 Å². The Morgan fingerprint density at radius 3 is 2.39 bits per heavy atom. The molecule has 4 rings (SSSR count). The lowest BCUT2D eigenvalue weighted by atomic mass is 9.95. The summed E-state index contributed by atoms with van der Waals surface area (Å²) in [4.78, 5) is 21.3. The van der Waals surface area contributed by atoms with Gasteiger partial charge in [-0.3, -0.25) is 14.3 Å². The Bertz CT molecular complexity index is 1400. The molecule has 0 aliphatic rings. The van der Waals surface area contributed by atoms with E-state index in [4.69, 9.17) is 0 Å². The van der Waals surface area contributed by atoms with Crippen LogP contribution in [-0.4, -0.2) is 14.5 Å². The molecule has 0 saturated heterocycles. The molecular formula is C28H26N4O. The van der Waals surface area contributed by atoms with Gasteiger partial charge >= 0.3 is 0 Å². The van der Waals surface area contributed by atoms with Crippen molar-refractivity contribution < 1.29 is 0 Å². The van der Waals surface area contributed by atoms with Crippen LogP contribution in [0.15, 0.2) is 71.7 Å². The van der Waals surface area contributed by atoms with Crippen molar-refractivity contribution in [2.45, 2.75) is 40.2 Å². The number of benzene rings is 2. The first-order chi connectivity index (χ1) is 16.0. The van der Waals surface area contributed by atoms with E-state index in [2.05, 4.69) is 29.0 Å². The number of hydrogen-bond acceptors (Lipinski definition) is 4. The van der Waals surface area contributed by atoms with E-state index < -0.39 is 0 Å². The Morgan fingerprint density at radius 1 is 0.939 bits per heavy atom. The van der Waals surface area contributed by atoms with Crippen LogP contribution in [0.25, 0.3) is 22.4 Å². The molecule has 0 bridgehead atoms. The van der Waals surface area contributed by atoms with Crippen LogP contribution in [0.4, 0.5) is 0 Å². The number of nitrogens with zero attached hydrogens (tertiary/aromatic N) is 4. The predicted octanol–water partition coefficient (Wildman–Crippen LogP) is 5.46. The summed E-state index contributed by atoms with van der Waals surface area (Å²) >= 11 is 0. The van der Waals surface area contributed by atoms with Gasteiger partial charge in [0.2, 0.25) is 0 Å². The van der Waals surface area contributed by atoms with E-state index in [0.717, 1.165) is 46.5 Å². The molecule has 0 saturated carbocycles. The van der Waals surface area contributed by atoms with Gasteiger partial charge in [-0.1, -0.05) is 43.7 Å². The third kappa shape index (κ3) is 4.91. The summed E-state index contributed by atoms with van der Waals surface area (Å²) in [6, 6.07) is 21.8. The molecule has 5 heteroatoms. The van der Waals surface area contributed by atoms with E-state index in [1.54, 1.807) is 10.6 Å². The van der Waals surface area contributed by atoms with Crippen molar-refractivity contribution in [2.24, 2.45) is 0 Å². The second kappa shape index (κ2) is 9.62. The third-order valence-electron chi connectivity index (χ3n) is 5.73. The van der Waals surface area contributed by atoms with Crippen LogP contribution in [0.5, 0.6) is 0 Å². The molecule has 2 heterocycles. The van der Waals surface area contributed by atoms with Crippen molar-refractivity contribution in [3.63, 3.8) is 0 Å². The number of aromatic nitrogens is 3. The van der Waals surface area contributed by atoms with E-state index in [1.807, 2.05) is 68.6 Å². The zero-order chi connectivity index (χ0) is 23.4. The van der Waals surface area contributed by atoms with Gasteiger partial charge in [0.15, 0.2) is 0 Å². The molecule has 0 N–H and O–H groups in total. The molecule has 2 aromatic carbocycles. The van der Waals surface area contributed by atoms with Gasteiger partial charge < -0.3 is 0 Å². The van der Waals surface area contributed by atoms with Crippen LogP contribution in [0.2, 0.25) is 0 Å². The molecular weight excluding hydrogens is 408 g/mol. The lowest BCUT2D eigenvalue weighted by molar-refractivity contribution is 0.694. The summed E-state index contributed by atoms with van der Waals surface area (Å²) in [6.07, 6.45) is 3.94. The zero-order valence-corrected chi connectivity index (χ0v) is 19.2. The Labute approximate surface area is 194 Å². The minimum atomic E-state index is -0.0543. The van der Waals surface area contributed by atoms with Crippen molar-refractivity contribution in [1.29, 1.82) is 5.26 Å².